The van der Waals surface area contributed by atoms with E-state index in [2.05, 4.69) is 154 Å². The van der Waals surface area contributed by atoms with Crippen LogP contribution in [0.3, 0.4) is 0 Å². The van der Waals surface area contributed by atoms with E-state index in [9.17, 15) is 0 Å². The molecule has 2 aliphatic rings. The van der Waals surface area contributed by atoms with Crippen molar-refractivity contribution >= 4 is 57.8 Å². The quantitative estimate of drug-likeness (QED) is 0.143. The molecule has 0 saturated heterocycles. The van der Waals surface area contributed by atoms with Crippen LogP contribution in [-0.4, -0.2) is 14.1 Å². The second-order valence-electron chi connectivity index (χ2n) is 11.4. The molecule has 7 aromatic rings. The minimum atomic E-state index is 0.874. The molecule has 0 radical (unpaired) electrons. The Morgan fingerprint density at radius 3 is 1.89 bits per heavy atom. The molecule has 222 valence electrons. The molecule has 0 fully saturated rings. The molecule has 5 aromatic carbocycles. The van der Waals surface area contributed by atoms with Crippen molar-refractivity contribution in [3.8, 4) is 11.4 Å². The fourth-order valence-electron chi connectivity index (χ4n) is 6.32. The number of hydrogen-bond donors (Lipinski definition) is 0. The molecule has 0 amide bonds. The summed E-state index contributed by atoms with van der Waals surface area (Å²) in [6, 6.07) is 41.1. The van der Waals surface area contributed by atoms with E-state index in [-0.39, 0.29) is 0 Å². The van der Waals surface area contributed by atoms with Crippen LogP contribution in [0.5, 0.6) is 0 Å². The third-order valence-corrected chi connectivity index (χ3v) is 10.6. The standard InChI is InChI=1S/C38H28N6S2/c1-26-22-40(2)25-42(26)28-16-18-36-32(20-28)43(30-12-6-8-14-34(30)45-36)29-17-19-37-33(21-29)44(31-13-7-9-15-35(31)46-37)38-23-41(24-39-38)27-10-4-3-5-11-27/h3-24H,1-2H3. The average molecular weight is 633 g/mol. The van der Waals surface area contributed by atoms with Gasteiger partial charge in [0.2, 0.25) is 6.33 Å². The van der Waals surface area contributed by atoms with Crippen molar-refractivity contribution in [3.05, 3.63) is 146 Å². The summed E-state index contributed by atoms with van der Waals surface area (Å²) in [6.07, 6.45) is 9.52. The minimum absolute atomic E-state index is 0.874. The summed E-state index contributed by atoms with van der Waals surface area (Å²) in [5.41, 5.74) is 8.93. The molecule has 0 atom stereocenters. The maximum atomic E-state index is 4.94. The summed E-state index contributed by atoms with van der Waals surface area (Å²) in [5, 5.41) is 0. The number of aryl methyl sites for hydroxylation is 2. The highest BCUT2D eigenvalue weighted by molar-refractivity contribution is 8.00. The lowest BCUT2D eigenvalue weighted by molar-refractivity contribution is -0.675. The SMILES string of the molecule is Cc1c[n+](C)[c-]n1-c1ccc2c(c1)N(c1ccc3c(c1)N(c1cn(-c4ccccc4)cn1)c1ccccc1S3)c1ccccc1S2. The Kier molecular flexibility index (Phi) is 6.33. The number of para-hydroxylation sites is 3. The predicted molar refractivity (Wildman–Crippen MR) is 185 cm³/mol. The number of nitrogens with zero attached hydrogens (tertiary/aromatic N) is 6. The lowest BCUT2D eigenvalue weighted by Gasteiger charge is -2.36. The summed E-state index contributed by atoms with van der Waals surface area (Å²) in [5.74, 6) is 0.874. The molecule has 0 bridgehead atoms. The summed E-state index contributed by atoms with van der Waals surface area (Å²) in [4.78, 5) is 14.5. The average Bonchev–Trinajstić information content (AvgIpc) is 3.72. The molecular weight excluding hydrogens is 605 g/mol. The van der Waals surface area contributed by atoms with Gasteiger partial charge in [-0.05, 0) is 67.6 Å². The number of hydrogen-bond acceptors (Lipinski definition) is 5. The highest BCUT2D eigenvalue weighted by Crippen LogP contribution is 2.55. The molecule has 2 aliphatic heterocycles. The van der Waals surface area contributed by atoms with Gasteiger partial charge in [0.1, 0.15) is 6.33 Å². The third-order valence-electron chi connectivity index (χ3n) is 8.38. The summed E-state index contributed by atoms with van der Waals surface area (Å²) < 4.78 is 6.18. The van der Waals surface area contributed by atoms with E-state index in [1.54, 1.807) is 11.8 Å². The van der Waals surface area contributed by atoms with Crippen molar-refractivity contribution in [2.45, 2.75) is 26.5 Å². The van der Waals surface area contributed by atoms with E-state index in [1.165, 1.54) is 25.3 Å². The molecule has 6 nitrogen and oxygen atoms in total. The van der Waals surface area contributed by atoms with E-state index >= 15 is 0 Å². The van der Waals surface area contributed by atoms with E-state index in [4.69, 9.17) is 4.98 Å². The minimum Gasteiger partial charge on any atom is -0.323 e. The maximum Gasteiger partial charge on any atom is 0.243 e. The van der Waals surface area contributed by atoms with Gasteiger partial charge in [0.05, 0.1) is 41.7 Å². The smallest absolute Gasteiger partial charge is 0.243 e. The fourth-order valence-corrected chi connectivity index (χ4v) is 8.40. The van der Waals surface area contributed by atoms with Gasteiger partial charge in [0.15, 0.2) is 5.82 Å². The Bertz CT molecular complexity index is 2270. The molecule has 0 aliphatic carbocycles. The summed E-state index contributed by atoms with van der Waals surface area (Å²) >= 11 is 3.62. The van der Waals surface area contributed by atoms with Crippen molar-refractivity contribution in [3.63, 3.8) is 0 Å². The maximum absolute atomic E-state index is 4.94. The number of fused-ring (bicyclic) bond motifs is 4. The van der Waals surface area contributed by atoms with Crippen LogP contribution in [0.4, 0.5) is 34.3 Å². The third kappa shape index (κ3) is 4.44. The topological polar surface area (TPSA) is 33.1 Å². The van der Waals surface area contributed by atoms with Crippen molar-refractivity contribution < 1.29 is 4.57 Å². The van der Waals surface area contributed by atoms with Gasteiger partial charge in [-0.2, -0.15) is 0 Å². The second kappa shape index (κ2) is 10.7. The van der Waals surface area contributed by atoms with Crippen LogP contribution in [0.1, 0.15) is 5.69 Å². The molecule has 8 heteroatoms. The Morgan fingerprint density at radius 2 is 1.20 bits per heavy atom. The van der Waals surface area contributed by atoms with Gasteiger partial charge in [0, 0.05) is 42.8 Å². The van der Waals surface area contributed by atoms with Crippen molar-refractivity contribution in [1.29, 1.82) is 0 Å². The highest BCUT2D eigenvalue weighted by atomic mass is 32.2. The first kappa shape index (κ1) is 27.2. The Morgan fingerprint density at radius 1 is 0.609 bits per heavy atom. The second-order valence-corrected chi connectivity index (χ2v) is 13.6. The van der Waals surface area contributed by atoms with Crippen LogP contribution in [0.15, 0.2) is 154 Å². The largest absolute Gasteiger partial charge is 0.323 e. The predicted octanol–water partition coefficient (Wildman–Crippen LogP) is 9.46. The molecule has 46 heavy (non-hydrogen) atoms. The highest BCUT2D eigenvalue weighted by Gasteiger charge is 2.30. The first-order valence-electron chi connectivity index (χ1n) is 15.1. The molecule has 0 saturated carbocycles. The lowest BCUT2D eigenvalue weighted by atomic mass is 10.1. The normalized spacial score (nSPS) is 13.2. The van der Waals surface area contributed by atoms with Gasteiger partial charge in [-0.15, -0.1) is 0 Å². The number of benzene rings is 5. The van der Waals surface area contributed by atoms with Gasteiger partial charge >= 0.3 is 0 Å². The van der Waals surface area contributed by atoms with Crippen LogP contribution in [0, 0.1) is 13.3 Å². The summed E-state index contributed by atoms with van der Waals surface area (Å²) in [7, 11) is 2.01. The zero-order chi connectivity index (χ0) is 30.8. The monoisotopic (exact) mass is 632 g/mol. The van der Waals surface area contributed by atoms with Crippen LogP contribution >= 0.6 is 23.5 Å². The van der Waals surface area contributed by atoms with Gasteiger partial charge in [-0.3, -0.25) is 4.90 Å². The molecule has 0 N–H and O–H groups in total. The Balaban J connectivity index is 1.21. The number of imidazole rings is 2. The molecule has 2 aromatic heterocycles. The number of rotatable bonds is 4. The lowest BCUT2D eigenvalue weighted by Crippen LogP contribution is -2.24. The van der Waals surface area contributed by atoms with E-state index in [0.29, 0.717) is 0 Å². The van der Waals surface area contributed by atoms with Crippen LogP contribution < -0.4 is 14.4 Å². The first-order valence-corrected chi connectivity index (χ1v) is 16.7. The van der Waals surface area contributed by atoms with Crippen LogP contribution in [-0.2, 0) is 7.05 Å². The zero-order valence-corrected chi connectivity index (χ0v) is 26.8. The van der Waals surface area contributed by atoms with E-state index < -0.39 is 0 Å². The molecular formula is C38H28N6S2. The fraction of sp³-hybridized carbons (Fsp3) is 0.0526. The zero-order valence-electron chi connectivity index (χ0n) is 25.2. The Labute approximate surface area is 276 Å². The van der Waals surface area contributed by atoms with Gasteiger partial charge in [-0.25, -0.2) is 4.98 Å². The molecule has 0 unspecified atom stereocenters. The first-order chi connectivity index (χ1) is 22.6. The summed E-state index contributed by atoms with van der Waals surface area (Å²) in [6.45, 7) is 2.12. The van der Waals surface area contributed by atoms with Crippen molar-refractivity contribution in [2.24, 2.45) is 7.05 Å². The van der Waals surface area contributed by atoms with Crippen LogP contribution in [0.25, 0.3) is 11.4 Å². The van der Waals surface area contributed by atoms with Crippen LogP contribution in [0.2, 0.25) is 0 Å². The molecule has 0 spiro atoms. The van der Waals surface area contributed by atoms with E-state index in [0.717, 1.165) is 45.6 Å². The van der Waals surface area contributed by atoms with E-state index in [1.807, 2.05) is 35.8 Å². The Hall–Kier alpha value is -5.18. The number of anilines is 6. The molecule has 9 rings (SSSR count). The van der Waals surface area contributed by atoms with Gasteiger partial charge < -0.3 is 18.6 Å². The molecule has 4 heterocycles. The van der Waals surface area contributed by atoms with Crippen molar-refractivity contribution in [1.82, 2.24) is 14.1 Å². The van der Waals surface area contributed by atoms with Gasteiger partial charge in [0.25, 0.3) is 0 Å². The number of aromatic nitrogens is 4. The van der Waals surface area contributed by atoms with Crippen molar-refractivity contribution in [2.75, 3.05) is 9.80 Å². The van der Waals surface area contributed by atoms with Gasteiger partial charge in [-0.1, -0.05) is 78.1 Å².